The number of carbonyl (C=O) groups is 1. The highest BCUT2D eigenvalue weighted by molar-refractivity contribution is 5.73. The number of rotatable bonds is 6. The highest BCUT2D eigenvalue weighted by Gasteiger charge is 2.02. The number of hydrogen-bond acceptors (Lipinski definition) is 2. The second kappa shape index (κ2) is 6.00. The molecule has 12 heavy (non-hydrogen) atoms. The molecular weight excluding hydrogens is 152 g/mol. The average molecular weight is 174 g/mol. The maximum Gasteiger partial charge on any atom is 0.217 e. The standard InChI is InChI=1S/C9H20N2O.H2/c1-8(2)11(3)7-5-4-6-9(10)12;/h8H,4-7H2,1-3H3,(H2,10,12);1H. The Hall–Kier alpha value is -0.570. The van der Waals surface area contributed by atoms with Crippen LogP contribution in [0, 0.1) is 0 Å². The summed E-state index contributed by atoms with van der Waals surface area (Å²) in [5.41, 5.74) is 5.02. The van der Waals surface area contributed by atoms with Gasteiger partial charge in [0, 0.05) is 13.9 Å². The fourth-order valence-electron chi connectivity index (χ4n) is 0.919. The summed E-state index contributed by atoms with van der Waals surface area (Å²) in [5, 5.41) is 0. The van der Waals surface area contributed by atoms with Crippen molar-refractivity contribution in [3.63, 3.8) is 0 Å². The van der Waals surface area contributed by atoms with E-state index in [1.54, 1.807) is 0 Å². The Balaban J connectivity index is 0. The smallest absolute Gasteiger partial charge is 0.217 e. The van der Waals surface area contributed by atoms with E-state index in [-0.39, 0.29) is 7.33 Å². The molecule has 0 radical (unpaired) electrons. The molecule has 1 amide bonds. The van der Waals surface area contributed by atoms with Crippen LogP contribution in [0.2, 0.25) is 0 Å². The van der Waals surface area contributed by atoms with Gasteiger partial charge in [0.15, 0.2) is 0 Å². The molecule has 0 rings (SSSR count). The molecule has 0 saturated carbocycles. The Morgan fingerprint density at radius 1 is 1.50 bits per heavy atom. The van der Waals surface area contributed by atoms with Gasteiger partial charge in [0.2, 0.25) is 5.91 Å². The molecule has 0 saturated heterocycles. The van der Waals surface area contributed by atoms with E-state index in [2.05, 4.69) is 25.8 Å². The maximum atomic E-state index is 10.4. The molecule has 0 atom stereocenters. The Kier molecular flexibility index (Phi) is 5.72. The largest absolute Gasteiger partial charge is 0.370 e. The fourth-order valence-corrected chi connectivity index (χ4v) is 0.919. The van der Waals surface area contributed by atoms with Crippen LogP contribution in [-0.4, -0.2) is 30.4 Å². The molecule has 0 aliphatic heterocycles. The van der Waals surface area contributed by atoms with E-state index in [9.17, 15) is 4.79 Å². The molecular formula is C9H22N2O. The molecule has 0 aliphatic rings. The number of carbonyl (C=O) groups excluding carboxylic acids is 1. The molecule has 0 unspecified atom stereocenters. The van der Waals surface area contributed by atoms with Gasteiger partial charge in [-0.1, -0.05) is 0 Å². The van der Waals surface area contributed by atoms with Crippen molar-refractivity contribution in [2.24, 2.45) is 5.73 Å². The van der Waals surface area contributed by atoms with Gasteiger partial charge in [-0.2, -0.15) is 0 Å². The van der Waals surface area contributed by atoms with Crippen LogP contribution in [0.4, 0.5) is 0 Å². The minimum atomic E-state index is -0.192. The van der Waals surface area contributed by atoms with Crippen LogP contribution < -0.4 is 5.73 Å². The second-order valence-electron chi connectivity index (χ2n) is 3.50. The van der Waals surface area contributed by atoms with Crippen LogP contribution in [0.1, 0.15) is 34.5 Å². The lowest BCUT2D eigenvalue weighted by molar-refractivity contribution is -0.118. The molecule has 3 heteroatoms. The first kappa shape index (κ1) is 11.4. The van der Waals surface area contributed by atoms with E-state index < -0.39 is 0 Å². The first-order valence-corrected chi connectivity index (χ1v) is 4.52. The zero-order valence-corrected chi connectivity index (χ0v) is 8.34. The van der Waals surface area contributed by atoms with Crippen molar-refractivity contribution in [3.8, 4) is 0 Å². The number of nitrogens with two attached hydrogens (primary N) is 1. The zero-order valence-electron chi connectivity index (χ0n) is 8.34. The van der Waals surface area contributed by atoms with Gasteiger partial charge >= 0.3 is 0 Å². The van der Waals surface area contributed by atoms with Gasteiger partial charge in [0.25, 0.3) is 0 Å². The van der Waals surface area contributed by atoms with Crippen molar-refractivity contribution < 1.29 is 6.22 Å². The summed E-state index contributed by atoms with van der Waals surface area (Å²) in [5.74, 6) is -0.192. The second-order valence-corrected chi connectivity index (χ2v) is 3.50. The molecule has 0 aromatic heterocycles. The number of hydrogen-bond donors (Lipinski definition) is 1. The van der Waals surface area contributed by atoms with Gasteiger partial charge in [-0.3, -0.25) is 4.79 Å². The Morgan fingerprint density at radius 2 is 2.08 bits per heavy atom. The highest BCUT2D eigenvalue weighted by atomic mass is 16.1. The van der Waals surface area contributed by atoms with Gasteiger partial charge < -0.3 is 10.6 Å². The minimum Gasteiger partial charge on any atom is -0.370 e. The molecule has 3 nitrogen and oxygen atoms in total. The predicted molar refractivity (Wildman–Crippen MR) is 52.9 cm³/mol. The van der Waals surface area contributed by atoms with Crippen LogP contribution in [0.25, 0.3) is 0 Å². The van der Waals surface area contributed by atoms with E-state index in [4.69, 9.17) is 5.73 Å². The molecule has 0 heterocycles. The van der Waals surface area contributed by atoms with E-state index in [1.807, 2.05) is 0 Å². The molecule has 0 spiro atoms. The van der Waals surface area contributed by atoms with Crippen molar-refractivity contribution >= 4 is 5.91 Å². The molecule has 2 N–H and O–H groups in total. The normalized spacial score (nSPS) is 11.1. The van der Waals surface area contributed by atoms with E-state index in [0.717, 1.165) is 19.4 Å². The van der Waals surface area contributed by atoms with Gasteiger partial charge in [0.05, 0.1) is 0 Å². The van der Waals surface area contributed by atoms with Crippen molar-refractivity contribution in [1.82, 2.24) is 4.90 Å². The van der Waals surface area contributed by atoms with E-state index in [0.29, 0.717) is 12.5 Å². The van der Waals surface area contributed by atoms with E-state index in [1.165, 1.54) is 0 Å². The Bertz CT molecular complexity index is 140. The van der Waals surface area contributed by atoms with Crippen LogP contribution in [0.3, 0.4) is 0 Å². The van der Waals surface area contributed by atoms with Crippen LogP contribution in [0.5, 0.6) is 0 Å². The van der Waals surface area contributed by atoms with Crippen molar-refractivity contribution in [3.05, 3.63) is 0 Å². The van der Waals surface area contributed by atoms with Crippen LogP contribution in [-0.2, 0) is 4.79 Å². The quantitative estimate of drug-likeness (QED) is 0.616. The van der Waals surface area contributed by atoms with E-state index >= 15 is 0 Å². The van der Waals surface area contributed by atoms with Gasteiger partial charge in [-0.05, 0) is 40.3 Å². The molecule has 0 aliphatic carbocycles. The predicted octanol–water partition coefficient (Wildman–Crippen LogP) is 1.23. The van der Waals surface area contributed by atoms with Crippen molar-refractivity contribution in [1.29, 1.82) is 0 Å². The SMILES string of the molecule is CC(C)N(C)CCCCC(N)=O.[HH]. The van der Waals surface area contributed by atoms with Crippen LogP contribution in [0.15, 0.2) is 0 Å². The third-order valence-corrected chi connectivity index (χ3v) is 2.07. The topological polar surface area (TPSA) is 46.3 Å². The summed E-state index contributed by atoms with van der Waals surface area (Å²) in [6.07, 6.45) is 2.48. The summed E-state index contributed by atoms with van der Waals surface area (Å²) in [6, 6.07) is 0.582. The molecule has 0 fully saturated rings. The number of primary amides is 1. The van der Waals surface area contributed by atoms with Gasteiger partial charge in [0.1, 0.15) is 0 Å². The molecule has 0 aromatic carbocycles. The minimum absolute atomic E-state index is 0. The molecule has 0 bridgehead atoms. The third-order valence-electron chi connectivity index (χ3n) is 2.07. The summed E-state index contributed by atoms with van der Waals surface area (Å²) in [7, 11) is 2.09. The summed E-state index contributed by atoms with van der Waals surface area (Å²) < 4.78 is 0. The number of amides is 1. The fraction of sp³-hybridized carbons (Fsp3) is 0.889. The van der Waals surface area contributed by atoms with Gasteiger partial charge in [-0.25, -0.2) is 0 Å². The molecule has 0 aromatic rings. The first-order chi connectivity index (χ1) is 5.54. The molecule has 74 valence electrons. The zero-order chi connectivity index (χ0) is 9.56. The van der Waals surface area contributed by atoms with Crippen LogP contribution >= 0.6 is 0 Å². The first-order valence-electron chi connectivity index (χ1n) is 4.52. The number of unbranched alkanes of at least 4 members (excludes halogenated alkanes) is 1. The lowest BCUT2D eigenvalue weighted by atomic mass is 10.2. The Labute approximate surface area is 76.4 Å². The van der Waals surface area contributed by atoms with Crippen molar-refractivity contribution in [2.45, 2.75) is 39.2 Å². The lowest BCUT2D eigenvalue weighted by Crippen LogP contribution is -2.27. The maximum absolute atomic E-state index is 10.4. The van der Waals surface area contributed by atoms with Crippen molar-refractivity contribution in [2.75, 3.05) is 13.6 Å². The highest BCUT2D eigenvalue weighted by Crippen LogP contribution is 1.99. The Morgan fingerprint density at radius 3 is 2.50 bits per heavy atom. The monoisotopic (exact) mass is 174 g/mol. The van der Waals surface area contributed by atoms with Gasteiger partial charge in [-0.15, -0.1) is 0 Å². The average Bonchev–Trinajstić information content (AvgIpc) is 1.97. The summed E-state index contributed by atoms with van der Waals surface area (Å²) >= 11 is 0. The summed E-state index contributed by atoms with van der Waals surface area (Å²) in [6.45, 7) is 5.37. The number of nitrogens with zero attached hydrogens (tertiary/aromatic N) is 1. The summed E-state index contributed by atoms with van der Waals surface area (Å²) in [4.78, 5) is 12.7. The third kappa shape index (κ3) is 6.16. The lowest BCUT2D eigenvalue weighted by Gasteiger charge is -2.20.